The molecule has 1 saturated heterocycles. The van der Waals surface area contributed by atoms with Gasteiger partial charge in [0.05, 0.1) is 24.8 Å². The van der Waals surface area contributed by atoms with Crippen LogP contribution in [0.15, 0.2) is 24.3 Å². The van der Waals surface area contributed by atoms with E-state index in [0.717, 1.165) is 31.4 Å². The molecule has 5 rings (SSSR count). The van der Waals surface area contributed by atoms with Gasteiger partial charge in [-0.3, -0.25) is 9.80 Å². The quantitative estimate of drug-likeness (QED) is 0.806. The standard InChI is InChI=1S/C23H31N3O3/c1-14(27)16-11-15-12-23(24(2)3,22(28)29-4)26-19-8-6-5-7-17(19)18-9-10-25(13-16)20(15)21(18)26/h5-8,14-16,20,27H,9-13H2,1-4H3/t14-,15-,16+,20+,23+/m0/s1. The number of aliphatic hydroxyl groups excluding tert-OH is 1. The Morgan fingerprint density at radius 2 is 2.10 bits per heavy atom. The Morgan fingerprint density at radius 3 is 2.79 bits per heavy atom. The molecule has 0 saturated carbocycles. The molecule has 6 heteroatoms. The van der Waals surface area contributed by atoms with Crippen LogP contribution in [0.1, 0.15) is 37.1 Å². The summed E-state index contributed by atoms with van der Waals surface area (Å²) in [6.45, 7) is 3.84. The van der Waals surface area contributed by atoms with Gasteiger partial charge in [-0.1, -0.05) is 18.2 Å². The monoisotopic (exact) mass is 397 g/mol. The predicted molar refractivity (Wildman–Crippen MR) is 112 cm³/mol. The van der Waals surface area contributed by atoms with Crippen LogP contribution in [0.3, 0.4) is 0 Å². The van der Waals surface area contributed by atoms with Crippen LogP contribution in [0.4, 0.5) is 0 Å². The van der Waals surface area contributed by atoms with Gasteiger partial charge in [-0.25, -0.2) is 4.79 Å². The van der Waals surface area contributed by atoms with Crippen molar-refractivity contribution < 1.29 is 14.6 Å². The largest absolute Gasteiger partial charge is 0.466 e. The first kappa shape index (κ1) is 19.1. The number of fused-ring (bicyclic) bond motifs is 3. The van der Waals surface area contributed by atoms with Gasteiger partial charge >= 0.3 is 5.97 Å². The normalized spacial score (nSPS) is 32.3. The molecule has 1 aromatic carbocycles. The Bertz CT molecular complexity index is 966. The van der Waals surface area contributed by atoms with Crippen LogP contribution in [-0.4, -0.2) is 65.8 Å². The van der Waals surface area contributed by atoms with E-state index in [1.807, 2.05) is 25.9 Å². The van der Waals surface area contributed by atoms with E-state index in [-0.39, 0.29) is 18.0 Å². The zero-order valence-electron chi connectivity index (χ0n) is 17.8. The van der Waals surface area contributed by atoms with Crippen molar-refractivity contribution in [2.45, 2.75) is 44.0 Å². The average molecular weight is 398 g/mol. The van der Waals surface area contributed by atoms with Crippen LogP contribution in [-0.2, 0) is 21.6 Å². The summed E-state index contributed by atoms with van der Waals surface area (Å²) in [5.41, 5.74) is 2.93. The SMILES string of the molecule is COC(=O)[C@@]1(N(C)C)C[C@@H]2C[C@@H]([C@H](C)O)CN3CCc4c(n1c1ccccc41)[C@@H]23. The first-order valence-corrected chi connectivity index (χ1v) is 10.7. The second kappa shape index (κ2) is 6.56. The Morgan fingerprint density at radius 1 is 1.34 bits per heavy atom. The molecule has 0 radical (unpaired) electrons. The fourth-order valence-electron chi connectivity index (χ4n) is 6.39. The number of hydrogen-bond acceptors (Lipinski definition) is 5. The second-order valence-corrected chi connectivity index (χ2v) is 9.31. The minimum Gasteiger partial charge on any atom is -0.466 e. The van der Waals surface area contributed by atoms with Crippen molar-refractivity contribution in [2.24, 2.45) is 11.8 Å². The third-order valence-electron chi connectivity index (χ3n) is 7.71. The number of benzene rings is 1. The van der Waals surface area contributed by atoms with Crippen molar-refractivity contribution in [3.63, 3.8) is 0 Å². The number of ether oxygens (including phenoxy) is 1. The van der Waals surface area contributed by atoms with Crippen LogP contribution >= 0.6 is 0 Å². The first-order valence-electron chi connectivity index (χ1n) is 10.7. The lowest BCUT2D eigenvalue weighted by Gasteiger charge is -2.56. The van der Waals surface area contributed by atoms with Crippen molar-refractivity contribution in [1.82, 2.24) is 14.4 Å². The number of hydrogen-bond donors (Lipinski definition) is 1. The Kier molecular flexibility index (Phi) is 4.32. The number of aromatic nitrogens is 1. The van der Waals surface area contributed by atoms with E-state index < -0.39 is 5.66 Å². The van der Waals surface area contributed by atoms with E-state index in [1.54, 1.807) is 0 Å². The van der Waals surface area contributed by atoms with Crippen LogP contribution in [0.5, 0.6) is 0 Å². The molecule has 2 aromatic rings. The van der Waals surface area contributed by atoms with Gasteiger partial charge in [0.25, 0.3) is 0 Å². The molecule has 1 aromatic heterocycles. The Balaban J connectivity index is 1.81. The number of carbonyl (C=O) groups excluding carboxylic acids is 1. The molecule has 4 heterocycles. The maximum Gasteiger partial charge on any atom is 0.347 e. The summed E-state index contributed by atoms with van der Waals surface area (Å²) in [7, 11) is 5.45. The molecule has 1 fully saturated rings. The Labute approximate surface area is 172 Å². The van der Waals surface area contributed by atoms with E-state index in [4.69, 9.17) is 4.74 Å². The summed E-state index contributed by atoms with van der Waals surface area (Å²) in [4.78, 5) is 18.0. The van der Waals surface area contributed by atoms with Crippen molar-refractivity contribution >= 4 is 16.9 Å². The molecular weight excluding hydrogens is 366 g/mol. The number of para-hydroxylation sites is 1. The van der Waals surface area contributed by atoms with Gasteiger partial charge < -0.3 is 14.4 Å². The van der Waals surface area contributed by atoms with Crippen molar-refractivity contribution in [1.29, 1.82) is 0 Å². The number of rotatable bonds is 3. The summed E-state index contributed by atoms with van der Waals surface area (Å²) < 4.78 is 7.70. The zero-order valence-corrected chi connectivity index (χ0v) is 17.8. The molecule has 1 N–H and O–H groups in total. The molecular formula is C23H31N3O3. The highest BCUT2D eigenvalue weighted by Gasteiger charge is 2.57. The minimum atomic E-state index is -0.868. The zero-order chi connectivity index (χ0) is 20.5. The minimum absolute atomic E-state index is 0.208. The van der Waals surface area contributed by atoms with Crippen LogP contribution in [0.2, 0.25) is 0 Å². The Hall–Kier alpha value is -1.89. The summed E-state index contributed by atoms with van der Waals surface area (Å²) in [5, 5.41) is 11.6. The predicted octanol–water partition coefficient (Wildman–Crippen LogP) is 2.35. The number of carbonyl (C=O) groups is 1. The number of aliphatic hydroxyl groups is 1. The fourth-order valence-corrected chi connectivity index (χ4v) is 6.39. The fraction of sp³-hybridized carbons (Fsp3) is 0.609. The molecule has 6 nitrogen and oxygen atoms in total. The highest BCUT2D eigenvalue weighted by atomic mass is 16.5. The number of nitrogens with zero attached hydrogens (tertiary/aromatic N) is 3. The first-order chi connectivity index (χ1) is 13.9. The molecule has 3 aliphatic rings. The summed E-state index contributed by atoms with van der Waals surface area (Å²) in [5.74, 6) is 0.341. The van der Waals surface area contributed by atoms with Gasteiger partial charge in [0.2, 0.25) is 0 Å². The lowest BCUT2D eigenvalue weighted by atomic mass is 9.70. The number of likely N-dealkylation sites (N-methyl/N-ethyl adjacent to an activating group) is 1. The summed E-state index contributed by atoms with van der Waals surface area (Å²) in [6, 6.07) is 8.79. The van der Waals surface area contributed by atoms with Crippen LogP contribution < -0.4 is 0 Å². The van der Waals surface area contributed by atoms with Gasteiger partial charge in [-0.05, 0) is 57.3 Å². The molecule has 0 aliphatic carbocycles. The lowest BCUT2D eigenvalue weighted by Crippen LogP contribution is -2.62. The highest BCUT2D eigenvalue weighted by Crippen LogP contribution is 2.55. The van der Waals surface area contributed by atoms with Crippen LogP contribution in [0, 0.1) is 11.8 Å². The molecule has 0 spiro atoms. The highest BCUT2D eigenvalue weighted by molar-refractivity contribution is 5.90. The van der Waals surface area contributed by atoms with E-state index in [9.17, 15) is 9.90 Å². The van der Waals surface area contributed by atoms with Crippen molar-refractivity contribution in [2.75, 3.05) is 34.3 Å². The van der Waals surface area contributed by atoms with Crippen LogP contribution in [0.25, 0.3) is 10.9 Å². The third kappa shape index (κ3) is 2.43. The number of esters is 1. The number of methoxy groups -OCH3 is 1. The maximum atomic E-state index is 13.4. The third-order valence-corrected chi connectivity index (χ3v) is 7.71. The van der Waals surface area contributed by atoms with E-state index in [2.05, 4.69) is 33.7 Å². The second-order valence-electron chi connectivity index (χ2n) is 9.31. The van der Waals surface area contributed by atoms with E-state index >= 15 is 0 Å². The lowest BCUT2D eigenvalue weighted by molar-refractivity contribution is -0.168. The van der Waals surface area contributed by atoms with Crippen molar-refractivity contribution in [3.05, 3.63) is 35.5 Å². The van der Waals surface area contributed by atoms with Gasteiger partial charge in [0.1, 0.15) is 0 Å². The van der Waals surface area contributed by atoms with Gasteiger partial charge in [-0.2, -0.15) is 0 Å². The van der Waals surface area contributed by atoms with E-state index in [0.29, 0.717) is 18.4 Å². The molecule has 156 valence electrons. The average Bonchev–Trinajstić information content (AvgIpc) is 3.06. The molecule has 0 bridgehead atoms. The summed E-state index contributed by atoms with van der Waals surface area (Å²) in [6.07, 6.45) is 2.27. The molecule has 0 amide bonds. The van der Waals surface area contributed by atoms with Gasteiger partial charge in [-0.15, -0.1) is 0 Å². The van der Waals surface area contributed by atoms with E-state index in [1.165, 1.54) is 23.8 Å². The smallest absolute Gasteiger partial charge is 0.347 e. The number of piperidine rings is 1. The van der Waals surface area contributed by atoms with Crippen molar-refractivity contribution in [3.8, 4) is 0 Å². The maximum absolute atomic E-state index is 13.4. The van der Waals surface area contributed by atoms with Gasteiger partial charge in [0.15, 0.2) is 5.66 Å². The van der Waals surface area contributed by atoms with Gasteiger partial charge in [0, 0.05) is 30.6 Å². The topological polar surface area (TPSA) is 57.9 Å². The summed E-state index contributed by atoms with van der Waals surface area (Å²) >= 11 is 0. The molecule has 3 aliphatic heterocycles. The molecule has 0 unspecified atom stereocenters. The molecule has 29 heavy (non-hydrogen) atoms. The molecule has 5 atom stereocenters.